The zero-order valence-corrected chi connectivity index (χ0v) is 12.9. The van der Waals surface area contributed by atoms with E-state index in [1.54, 1.807) is 30.3 Å². The van der Waals surface area contributed by atoms with Crippen LogP contribution in [0.1, 0.15) is 0 Å². The van der Waals surface area contributed by atoms with Crippen molar-refractivity contribution in [3.05, 3.63) is 43.7 Å². The molecule has 0 amide bonds. The lowest BCUT2D eigenvalue weighted by Crippen LogP contribution is -3.59. The second-order valence-corrected chi connectivity index (χ2v) is 7.39. The number of rotatable bonds is 5. The van der Waals surface area contributed by atoms with Crippen LogP contribution in [0.25, 0.3) is 0 Å². The molecule has 1 aromatic rings. The van der Waals surface area contributed by atoms with E-state index < -0.39 is 48.5 Å². The molecule has 0 saturated carbocycles. The third kappa shape index (κ3) is 5.19. The highest BCUT2D eigenvalue weighted by atomic mass is 127. The molecular weight excluding hydrogens is 420 g/mol. The van der Waals surface area contributed by atoms with Crippen LogP contribution in [0.15, 0.2) is 40.2 Å². The number of benzene rings is 1. The van der Waals surface area contributed by atoms with E-state index in [9.17, 15) is 21.6 Å². The SMILES string of the molecule is O=S(=O)(O/C(=C/[I+]c1ccccc1)CCl)C(F)(F)F. The number of hydrogen-bond donors (Lipinski definition) is 0. The number of allylic oxidation sites excluding steroid dienone is 1. The second kappa shape index (κ2) is 6.80. The van der Waals surface area contributed by atoms with Gasteiger partial charge in [0.2, 0.25) is 0 Å². The van der Waals surface area contributed by atoms with Crippen LogP contribution in [0.5, 0.6) is 0 Å². The van der Waals surface area contributed by atoms with Crippen molar-refractivity contribution in [3.63, 3.8) is 0 Å². The normalized spacial score (nSPS) is 13.4. The summed E-state index contributed by atoms with van der Waals surface area (Å²) < 4.78 is 64.1. The van der Waals surface area contributed by atoms with Crippen LogP contribution < -0.4 is 21.2 Å². The zero-order valence-electron chi connectivity index (χ0n) is 9.19. The molecule has 0 N–H and O–H groups in total. The van der Waals surface area contributed by atoms with E-state index in [0.717, 1.165) is 3.57 Å². The summed E-state index contributed by atoms with van der Waals surface area (Å²) in [6, 6.07) is 8.92. The van der Waals surface area contributed by atoms with Gasteiger partial charge in [-0.05, 0) is 12.1 Å². The molecule has 0 saturated heterocycles. The zero-order chi connectivity index (χ0) is 14.5. The Morgan fingerprint density at radius 2 is 1.89 bits per heavy atom. The summed E-state index contributed by atoms with van der Waals surface area (Å²) in [5.41, 5.74) is -5.46. The number of halogens is 5. The molecule has 1 aromatic carbocycles. The Morgan fingerprint density at radius 3 is 2.37 bits per heavy atom. The third-order valence-corrected chi connectivity index (χ3v) is 5.38. The molecule has 0 aliphatic heterocycles. The van der Waals surface area contributed by atoms with Crippen LogP contribution in [0.2, 0.25) is 0 Å². The van der Waals surface area contributed by atoms with E-state index in [0.29, 0.717) is 0 Å². The Balaban J connectivity index is 2.80. The molecule has 0 aliphatic carbocycles. The van der Waals surface area contributed by atoms with Gasteiger partial charge in [0.05, 0.1) is 5.88 Å². The van der Waals surface area contributed by atoms with Crippen molar-refractivity contribution < 1.29 is 47.0 Å². The quantitative estimate of drug-likeness (QED) is 0.217. The fourth-order valence-electron chi connectivity index (χ4n) is 0.869. The van der Waals surface area contributed by atoms with E-state index in [1.807, 2.05) is 0 Å². The van der Waals surface area contributed by atoms with Gasteiger partial charge >= 0.3 is 36.8 Å². The Morgan fingerprint density at radius 1 is 1.32 bits per heavy atom. The molecule has 9 heteroatoms. The first-order valence-corrected chi connectivity index (χ1v) is 8.97. The summed E-state index contributed by atoms with van der Waals surface area (Å²) in [5, 5.41) is 0. The largest absolute Gasteiger partial charge is 0.534 e. The Hall–Kier alpha value is -0.480. The van der Waals surface area contributed by atoms with Gasteiger partial charge in [-0.15, -0.1) is 11.6 Å². The topological polar surface area (TPSA) is 43.4 Å². The molecule has 0 heterocycles. The van der Waals surface area contributed by atoms with E-state index in [2.05, 4.69) is 4.18 Å². The van der Waals surface area contributed by atoms with Gasteiger partial charge in [-0.1, -0.05) is 18.2 Å². The number of hydrogen-bond acceptors (Lipinski definition) is 3. The van der Waals surface area contributed by atoms with Crippen molar-refractivity contribution in [2.45, 2.75) is 5.51 Å². The summed E-state index contributed by atoms with van der Waals surface area (Å²) in [5.74, 6) is -0.849. The standard InChI is InChI=1S/C10H8ClF3IO3S/c11-6-9(18-19(16,17)10(12,13)14)7-15-8-4-2-1-3-5-8/h1-5,7H,6H2/q+1/b9-7+. The van der Waals surface area contributed by atoms with Gasteiger partial charge in [-0.3, -0.25) is 0 Å². The summed E-state index contributed by atoms with van der Waals surface area (Å²) >= 11 is 4.57. The first-order valence-electron chi connectivity index (χ1n) is 4.70. The molecule has 3 nitrogen and oxygen atoms in total. The Bertz CT molecular complexity index is 543. The van der Waals surface area contributed by atoms with Crippen molar-refractivity contribution in [3.8, 4) is 0 Å². The maximum absolute atomic E-state index is 12.1. The maximum Gasteiger partial charge on any atom is 0.534 e. The minimum absolute atomic E-state index is 0.407. The van der Waals surface area contributed by atoms with Crippen LogP contribution in [-0.4, -0.2) is 19.8 Å². The highest BCUT2D eigenvalue weighted by Gasteiger charge is 2.49. The fraction of sp³-hybridized carbons (Fsp3) is 0.200. The highest BCUT2D eigenvalue weighted by Crippen LogP contribution is 2.26. The minimum Gasteiger partial charge on any atom is -0.375 e. The van der Waals surface area contributed by atoms with Gasteiger partial charge in [-0.2, -0.15) is 21.6 Å². The molecule has 0 atom stereocenters. The molecule has 0 radical (unpaired) electrons. The molecule has 19 heavy (non-hydrogen) atoms. The van der Waals surface area contributed by atoms with E-state index in [-0.39, 0.29) is 0 Å². The molecule has 0 unspecified atom stereocenters. The molecule has 106 valence electrons. The Labute approximate surface area is 123 Å². The summed E-state index contributed by atoms with van der Waals surface area (Å²) in [6.07, 6.45) is 0. The predicted octanol–water partition coefficient (Wildman–Crippen LogP) is -0.108. The molecule has 0 aromatic heterocycles. The molecule has 0 bridgehead atoms. The van der Waals surface area contributed by atoms with Gasteiger partial charge in [-0.25, -0.2) is 0 Å². The lowest BCUT2D eigenvalue weighted by atomic mass is 10.4. The lowest BCUT2D eigenvalue weighted by Gasteiger charge is -2.08. The van der Waals surface area contributed by atoms with Crippen molar-refractivity contribution in [1.29, 1.82) is 0 Å². The van der Waals surface area contributed by atoms with Crippen molar-refractivity contribution in [2.24, 2.45) is 0 Å². The first kappa shape index (κ1) is 16.6. The average Bonchev–Trinajstić information content (AvgIpc) is 2.34. The summed E-state index contributed by atoms with van der Waals surface area (Å²) in [7, 11) is -5.65. The van der Waals surface area contributed by atoms with Crippen LogP contribution in [0, 0.1) is 3.57 Å². The van der Waals surface area contributed by atoms with E-state index in [4.69, 9.17) is 11.6 Å². The highest BCUT2D eigenvalue weighted by molar-refractivity contribution is 7.87. The lowest BCUT2D eigenvalue weighted by molar-refractivity contribution is -0.558. The molecule has 0 fully saturated rings. The van der Waals surface area contributed by atoms with Gasteiger partial charge < -0.3 is 4.18 Å². The van der Waals surface area contributed by atoms with Crippen LogP contribution in [0.3, 0.4) is 0 Å². The smallest absolute Gasteiger partial charge is 0.375 e. The van der Waals surface area contributed by atoms with Crippen LogP contribution >= 0.6 is 11.6 Å². The van der Waals surface area contributed by atoms with Gasteiger partial charge in [0.25, 0.3) is 0 Å². The van der Waals surface area contributed by atoms with Gasteiger partial charge in [0.1, 0.15) is 0 Å². The number of alkyl halides is 4. The van der Waals surface area contributed by atoms with E-state index >= 15 is 0 Å². The van der Waals surface area contributed by atoms with E-state index in [1.165, 1.54) is 4.08 Å². The molecule has 0 spiro atoms. The second-order valence-electron chi connectivity index (χ2n) is 3.10. The van der Waals surface area contributed by atoms with Crippen molar-refractivity contribution >= 4 is 21.7 Å². The summed E-state index contributed by atoms with van der Waals surface area (Å²) in [6.45, 7) is 0. The average molecular weight is 428 g/mol. The fourth-order valence-corrected chi connectivity index (χ4v) is 3.87. The van der Waals surface area contributed by atoms with Crippen LogP contribution in [-0.2, 0) is 14.3 Å². The molecular formula is C10H8ClF3IO3S+. The maximum atomic E-state index is 12.1. The minimum atomic E-state index is -5.65. The first-order chi connectivity index (χ1) is 8.76. The van der Waals surface area contributed by atoms with Crippen molar-refractivity contribution in [1.82, 2.24) is 0 Å². The Kier molecular flexibility index (Phi) is 5.93. The third-order valence-electron chi connectivity index (χ3n) is 1.67. The monoisotopic (exact) mass is 427 g/mol. The van der Waals surface area contributed by atoms with Crippen molar-refractivity contribution in [2.75, 3.05) is 5.88 Å². The molecule has 0 aliphatic rings. The summed E-state index contributed by atoms with van der Waals surface area (Å²) in [4.78, 5) is 0. The predicted molar refractivity (Wildman–Crippen MR) is 60.0 cm³/mol. The van der Waals surface area contributed by atoms with Crippen LogP contribution in [0.4, 0.5) is 13.2 Å². The van der Waals surface area contributed by atoms with Gasteiger partial charge in [0, 0.05) is 0 Å². The van der Waals surface area contributed by atoms with Gasteiger partial charge in [0.15, 0.2) is 13.4 Å². The molecule has 1 rings (SSSR count).